The number of hydrogen-bond acceptors (Lipinski definition) is 3. The summed E-state index contributed by atoms with van der Waals surface area (Å²) in [6, 6.07) is 19.3. The Kier molecular flexibility index (Phi) is 5.26. The lowest BCUT2D eigenvalue weighted by atomic mass is 10.1. The van der Waals surface area contributed by atoms with Gasteiger partial charge in [-0.25, -0.2) is 5.43 Å². The molecule has 0 saturated heterocycles. The van der Waals surface area contributed by atoms with Crippen LogP contribution in [0.2, 0.25) is 0 Å². The number of nitrogens with one attached hydrogen (secondary N) is 1. The van der Waals surface area contributed by atoms with E-state index in [9.17, 15) is 4.79 Å². The zero-order valence-corrected chi connectivity index (χ0v) is 13.9. The smallest absolute Gasteiger partial charge is 0.244 e. The minimum Gasteiger partial charge on any atom is -0.497 e. The first-order valence-corrected chi connectivity index (χ1v) is 7.93. The van der Waals surface area contributed by atoms with Crippen molar-refractivity contribution in [2.45, 2.75) is 6.42 Å². The maximum absolute atomic E-state index is 11.9. The predicted molar refractivity (Wildman–Crippen MR) is 98.2 cm³/mol. The van der Waals surface area contributed by atoms with Gasteiger partial charge < -0.3 is 9.30 Å². The zero-order valence-electron chi connectivity index (χ0n) is 13.9. The summed E-state index contributed by atoms with van der Waals surface area (Å²) in [4.78, 5) is 11.9. The van der Waals surface area contributed by atoms with Crippen molar-refractivity contribution >= 4 is 12.1 Å². The van der Waals surface area contributed by atoms with Crippen molar-refractivity contribution in [2.75, 3.05) is 7.11 Å². The van der Waals surface area contributed by atoms with Crippen LogP contribution in [0.25, 0.3) is 5.69 Å². The molecule has 0 aliphatic heterocycles. The van der Waals surface area contributed by atoms with Gasteiger partial charge in [-0.05, 0) is 35.9 Å². The molecule has 1 heterocycles. The fourth-order valence-electron chi connectivity index (χ4n) is 2.40. The van der Waals surface area contributed by atoms with Crippen molar-refractivity contribution in [2.24, 2.45) is 5.10 Å². The van der Waals surface area contributed by atoms with Crippen LogP contribution in [0.5, 0.6) is 5.75 Å². The van der Waals surface area contributed by atoms with Crippen LogP contribution in [-0.4, -0.2) is 23.8 Å². The van der Waals surface area contributed by atoms with E-state index in [1.165, 1.54) is 0 Å². The number of carbonyl (C=O) groups is 1. The summed E-state index contributed by atoms with van der Waals surface area (Å²) in [5.41, 5.74) is 5.44. The predicted octanol–water partition coefficient (Wildman–Crippen LogP) is 3.18. The molecule has 5 heteroatoms. The number of carbonyl (C=O) groups excluding carboxylic acids is 1. The van der Waals surface area contributed by atoms with Crippen molar-refractivity contribution in [3.63, 3.8) is 0 Å². The Morgan fingerprint density at radius 2 is 1.88 bits per heavy atom. The van der Waals surface area contributed by atoms with Gasteiger partial charge in [-0.1, -0.05) is 30.3 Å². The van der Waals surface area contributed by atoms with Crippen LogP contribution in [0.15, 0.2) is 78.2 Å². The fraction of sp³-hybridized carbons (Fsp3) is 0.100. The molecule has 3 aromatic rings. The standard InChI is InChI=1S/C20H19N3O2/c1-25-19-9-7-16(8-10-19)13-20(24)22-21-14-17-11-12-23(15-17)18-5-3-2-4-6-18/h2-12,14-15H,13H2,1H3,(H,22,24)/b21-14+. The number of hydrazone groups is 1. The molecule has 0 aliphatic rings. The lowest BCUT2D eigenvalue weighted by molar-refractivity contribution is -0.120. The molecular weight excluding hydrogens is 314 g/mol. The van der Waals surface area contributed by atoms with Crippen molar-refractivity contribution in [3.05, 3.63) is 84.2 Å². The van der Waals surface area contributed by atoms with Crippen LogP contribution in [-0.2, 0) is 11.2 Å². The second-order valence-corrected chi connectivity index (χ2v) is 5.51. The minimum absolute atomic E-state index is 0.163. The topological polar surface area (TPSA) is 55.6 Å². The number of nitrogens with zero attached hydrogens (tertiary/aromatic N) is 2. The third kappa shape index (κ3) is 4.57. The number of aromatic nitrogens is 1. The maximum atomic E-state index is 11.9. The van der Waals surface area contributed by atoms with E-state index in [-0.39, 0.29) is 12.3 Å². The van der Waals surface area contributed by atoms with Crippen molar-refractivity contribution in [3.8, 4) is 11.4 Å². The Bertz CT molecular complexity index is 852. The molecule has 0 unspecified atom stereocenters. The molecule has 0 fully saturated rings. The van der Waals surface area contributed by atoms with Crippen LogP contribution >= 0.6 is 0 Å². The normalized spacial score (nSPS) is 10.8. The van der Waals surface area contributed by atoms with Gasteiger partial charge in [-0.2, -0.15) is 5.10 Å². The Morgan fingerprint density at radius 1 is 1.12 bits per heavy atom. The van der Waals surface area contributed by atoms with E-state index in [0.29, 0.717) is 0 Å². The summed E-state index contributed by atoms with van der Waals surface area (Å²) in [6.07, 6.45) is 5.81. The summed E-state index contributed by atoms with van der Waals surface area (Å²) in [6.45, 7) is 0. The second-order valence-electron chi connectivity index (χ2n) is 5.51. The molecule has 2 aromatic carbocycles. The lowest BCUT2D eigenvalue weighted by Gasteiger charge is -2.02. The van der Waals surface area contributed by atoms with Crippen LogP contribution in [0, 0.1) is 0 Å². The van der Waals surface area contributed by atoms with Crippen molar-refractivity contribution < 1.29 is 9.53 Å². The average molecular weight is 333 g/mol. The van der Waals surface area contributed by atoms with E-state index >= 15 is 0 Å². The highest BCUT2D eigenvalue weighted by Gasteiger charge is 2.02. The maximum Gasteiger partial charge on any atom is 0.244 e. The molecule has 5 nitrogen and oxygen atoms in total. The van der Waals surface area contributed by atoms with Gasteiger partial charge in [0.2, 0.25) is 5.91 Å². The molecule has 25 heavy (non-hydrogen) atoms. The van der Waals surface area contributed by atoms with E-state index in [4.69, 9.17) is 4.74 Å². The van der Waals surface area contributed by atoms with E-state index in [1.807, 2.05) is 77.6 Å². The molecule has 0 radical (unpaired) electrons. The quantitative estimate of drug-likeness (QED) is 0.556. The lowest BCUT2D eigenvalue weighted by Crippen LogP contribution is -2.19. The molecule has 1 aromatic heterocycles. The SMILES string of the molecule is COc1ccc(CC(=O)N/N=C/c2ccn(-c3ccccc3)c2)cc1. The van der Waals surface area contributed by atoms with Gasteiger partial charge in [0.25, 0.3) is 0 Å². The zero-order chi connectivity index (χ0) is 17.5. The van der Waals surface area contributed by atoms with Gasteiger partial charge in [0.05, 0.1) is 19.7 Å². The van der Waals surface area contributed by atoms with Gasteiger partial charge in [-0.15, -0.1) is 0 Å². The number of para-hydroxylation sites is 1. The second kappa shape index (κ2) is 7.97. The highest BCUT2D eigenvalue weighted by atomic mass is 16.5. The summed E-state index contributed by atoms with van der Waals surface area (Å²) < 4.78 is 7.10. The Labute approximate surface area is 146 Å². The number of methoxy groups -OCH3 is 1. The van der Waals surface area contributed by atoms with E-state index in [1.54, 1.807) is 13.3 Å². The van der Waals surface area contributed by atoms with Crippen molar-refractivity contribution in [1.29, 1.82) is 0 Å². The van der Waals surface area contributed by atoms with Crippen molar-refractivity contribution in [1.82, 2.24) is 9.99 Å². The number of benzene rings is 2. The van der Waals surface area contributed by atoms with E-state index in [2.05, 4.69) is 10.5 Å². The minimum atomic E-state index is -0.163. The molecule has 126 valence electrons. The molecule has 0 saturated carbocycles. The van der Waals surface area contributed by atoms with E-state index < -0.39 is 0 Å². The largest absolute Gasteiger partial charge is 0.497 e. The first-order chi connectivity index (χ1) is 12.2. The highest BCUT2D eigenvalue weighted by Crippen LogP contribution is 2.11. The summed E-state index contributed by atoms with van der Waals surface area (Å²) in [5.74, 6) is 0.606. The van der Waals surface area contributed by atoms with Gasteiger partial charge in [0.15, 0.2) is 0 Å². The monoisotopic (exact) mass is 333 g/mol. The van der Waals surface area contributed by atoms with Crippen LogP contribution in [0.4, 0.5) is 0 Å². The number of rotatable bonds is 6. The molecule has 0 spiro atoms. The molecule has 0 bridgehead atoms. The fourth-order valence-corrected chi connectivity index (χ4v) is 2.40. The number of amides is 1. The number of ether oxygens (including phenoxy) is 1. The third-order valence-electron chi connectivity index (χ3n) is 3.70. The number of hydrogen-bond donors (Lipinski definition) is 1. The van der Waals surface area contributed by atoms with Gasteiger partial charge in [0, 0.05) is 23.6 Å². The molecule has 0 atom stereocenters. The van der Waals surface area contributed by atoms with Crippen LogP contribution in [0.1, 0.15) is 11.1 Å². The summed E-state index contributed by atoms with van der Waals surface area (Å²) in [7, 11) is 1.61. The molecule has 0 aliphatic carbocycles. The Morgan fingerprint density at radius 3 is 2.60 bits per heavy atom. The Hall–Kier alpha value is -3.34. The summed E-state index contributed by atoms with van der Waals surface area (Å²) >= 11 is 0. The average Bonchev–Trinajstić information content (AvgIpc) is 3.12. The third-order valence-corrected chi connectivity index (χ3v) is 3.70. The molecular formula is C20H19N3O2. The highest BCUT2D eigenvalue weighted by molar-refractivity contribution is 5.83. The Balaban J connectivity index is 1.54. The van der Waals surface area contributed by atoms with Gasteiger partial charge in [0.1, 0.15) is 5.75 Å². The molecule has 3 rings (SSSR count). The first kappa shape index (κ1) is 16.5. The van der Waals surface area contributed by atoms with Gasteiger partial charge >= 0.3 is 0 Å². The summed E-state index contributed by atoms with van der Waals surface area (Å²) in [5, 5.41) is 4.02. The molecule has 1 N–H and O–H groups in total. The van der Waals surface area contributed by atoms with Gasteiger partial charge in [-0.3, -0.25) is 4.79 Å². The first-order valence-electron chi connectivity index (χ1n) is 7.93. The molecule has 1 amide bonds. The van der Waals surface area contributed by atoms with E-state index in [0.717, 1.165) is 22.6 Å². The van der Waals surface area contributed by atoms with Crippen LogP contribution in [0.3, 0.4) is 0 Å². The van der Waals surface area contributed by atoms with Crippen LogP contribution < -0.4 is 10.2 Å².